The zero-order valence-corrected chi connectivity index (χ0v) is 23.6. The van der Waals surface area contributed by atoms with E-state index in [1.165, 1.54) is 0 Å². The van der Waals surface area contributed by atoms with E-state index in [1.54, 1.807) is 42.5 Å². The second kappa shape index (κ2) is 10.6. The molecule has 4 aliphatic rings. The maximum atomic E-state index is 13.8. The Morgan fingerprint density at radius 3 is 2.60 bits per heavy atom. The van der Waals surface area contributed by atoms with E-state index in [-0.39, 0.29) is 29.7 Å². The van der Waals surface area contributed by atoms with Crippen LogP contribution < -0.4 is 4.74 Å². The molecule has 1 saturated heterocycles. The number of aromatic hydroxyl groups is 1. The topological polar surface area (TPSA) is 172 Å². The summed E-state index contributed by atoms with van der Waals surface area (Å²) in [5.74, 6) is -2.82. The molecule has 1 fully saturated rings. The molecule has 12 nitrogen and oxygen atoms in total. The van der Waals surface area contributed by atoms with Crippen molar-refractivity contribution in [3.8, 4) is 11.5 Å². The molecule has 0 radical (unpaired) electrons. The van der Waals surface area contributed by atoms with Gasteiger partial charge in [0.1, 0.15) is 5.76 Å². The van der Waals surface area contributed by atoms with Crippen molar-refractivity contribution in [2.24, 2.45) is 0 Å². The lowest BCUT2D eigenvalue weighted by Crippen LogP contribution is -2.74. The van der Waals surface area contributed by atoms with Crippen LogP contribution >= 0.6 is 0 Å². The number of aliphatic hydroxyl groups is 2. The van der Waals surface area contributed by atoms with Gasteiger partial charge < -0.3 is 44.3 Å². The molecule has 0 aromatic heterocycles. The van der Waals surface area contributed by atoms with Crippen LogP contribution in [0.15, 0.2) is 54.3 Å². The van der Waals surface area contributed by atoms with Gasteiger partial charge in [0.25, 0.3) is 0 Å². The number of phenolic OH excluding ortho intramolecular Hbond substituents is 1. The molecule has 2 aromatic rings. The van der Waals surface area contributed by atoms with Gasteiger partial charge in [-0.2, -0.15) is 0 Å². The highest BCUT2D eigenvalue weighted by atomic mass is 16.7. The van der Waals surface area contributed by atoms with Gasteiger partial charge in [-0.3, -0.25) is 9.59 Å². The van der Waals surface area contributed by atoms with Gasteiger partial charge in [0.05, 0.1) is 17.4 Å². The summed E-state index contributed by atoms with van der Waals surface area (Å²) in [7, 11) is 1.96. The highest BCUT2D eigenvalue weighted by Gasteiger charge is 2.72. The van der Waals surface area contributed by atoms with Gasteiger partial charge in [-0.15, -0.1) is 0 Å². The molecular formula is C31H33NO11. The molecule has 1 spiro atoms. The van der Waals surface area contributed by atoms with E-state index in [1.807, 2.05) is 13.1 Å². The van der Waals surface area contributed by atoms with Crippen molar-refractivity contribution >= 4 is 17.9 Å². The van der Waals surface area contributed by atoms with Crippen molar-refractivity contribution < 1.29 is 53.8 Å². The minimum absolute atomic E-state index is 0.0727. The fourth-order valence-electron chi connectivity index (χ4n) is 7.32. The van der Waals surface area contributed by atoms with Gasteiger partial charge in [0, 0.05) is 24.9 Å². The molecule has 228 valence electrons. The smallest absolute Gasteiger partial charge is 0.345 e. The summed E-state index contributed by atoms with van der Waals surface area (Å²) in [5.41, 5.74) is -0.266. The first kappa shape index (κ1) is 29.1. The molecule has 2 aliphatic carbocycles. The number of ether oxygens (including phenoxy) is 4. The lowest BCUT2D eigenvalue weighted by Gasteiger charge is -2.61. The first-order valence-corrected chi connectivity index (χ1v) is 14.1. The second-order valence-corrected chi connectivity index (χ2v) is 11.6. The van der Waals surface area contributed by atoms with E-state index >= 15 is 0 Å². The Morgan fingerprint density at radius 1 is 1.16 bits per heavy atom. The number of carbonyl (C=O) groups is 3. The van der Waals surface area contributed by atoms with E-state index in [2.05, 4.69) is 4.90 Å². The Kier molecular flexibility index (Phi) is 7.20. The summed E-state index contributed by atoms with van der Waals surface area (Å²) in [5, 5.41) is 43.1. The van der Waals surface area contributed by atoms with Crippen LogP contribution in [0, 0.1) is 0 Å². The molecule has 2 heterocycles. The monoisotopic (exact) mass is 595 g/mol. The maximum Gasteiger partial charge on any atom is 0.345 e. The summed E-state index contributed by atoms with van der Waals surface area (Å²) >= 11 is 0. The Balaban J connectivity index is 1.34. The molecule has 12 heteroatoms. The van der Waals surface area contributed by atoms with Gasteiger partial charge in [0.2, 0.25) is 0 Å². The number of hydrogen-bond donors (Lipinski definition) is 4. The number of piperidine rings is 1. The van der Waals surface area contributed by atoms with Gasteiger partial charge in [0.15, 0.2) is 36.1 Å². The van der Waals surface area contributed by atoms with E-state index in [4.69, 9.17) is 18.9 Å². The minimum Gasteiger partial charge on any atom is -0.504 e. The average molecular weight is 596 g/mol. The fourth-order valence-corrected chi connectivity index (χ4v) is 7.32. The number of hydrogen-bond acceptors (Lipinski definition) is 11. The lowest BCUT2D eigenvalue weighted by molar-refractivity contribution is -0.216. The summed E-state index contributed by atoms with van der Waals surface area (Å²) in [4.78, 5) is 38.8. The molecule has 2 bridgehead atoms. The molecule has 1 unspecified atom stereocenters. The first-order valence-electron chi connectivity index (χ1n) is 14.1. The van der Waals surface area contributed by atoms with E-state index in [0.29, 0.717) is 24.9 Å². The van der Waals surface area contributed by atoms with Crippen LogP contribution in [0.25, 0.3) is 0 Å². The normalized spacial score (nSPS) is 28.9. The zero-order chi connectivity index (χ0) is 30.7. The quantitative estimate of drug-likeness (QED) is 0.245. The van der Waals surface area contributed by atoms with Crippen molar-refractivity contribution in [2.75, 3.05) is 13.6 Å². The Bertz CT molecular complexity index is 1480. The molecule has 0 saturated carbocycles. The summed E-state index contributed by atoms with van der Waals surface area (Å²) < 4.78 is 22.9. The van der Waals surface area contributed by atoms with Gasteiger partial charge in [-0.25, -0.2) is 4.79 Å². The van der Waals surface area contributed by atoms with Crippen LogP contribution in [0.5, 0.6) is 11.5 Å². The highest BCUT2D eigenvalue weighted by Crippen LogP contribution is 2.65. The maximum absolute atomic E-state index is 13.8. The molecule has 7 atom stereocenters. The van der Waals surface area contributed by atoms with Gasteiger partial charge >= 0.3 is 17.9 Å². The Labute approximate surface area is 247 Å². The number of esters is 2. The summed E-state index contributed by atoms with van der Waals surface area (Å²) in [6, 6.07) is 11.3. The van der Waals surface area contributed by atoms with Crippen molar-refractivity contribution in [1.29, 1.82) is 0 Å². The molecular weight excluding hydrogens is 562 g/mol. The first-order chi connectivity index (χ1) is 20.5. The van der Waals surface area contributed by atoms with E-state index in [9.17, 15) is 34.8 Å². The molecule has 43 heavy (non-hydrogen) atoms. The third kappa shape index (κ3) is 4.56. The van der Waals surface area contributed by atoms with Crippen molar-refractivity contribution in [1.82, 2.24) is 4.90 Å². The predicted molar refractivity (Wildman–Crippen MR) is 147 cm³/mol. The average Bonchev–Trinajstić information content (AvgIpc) is 3.32. The van der Waals surface area contributed by atoms with Gasteiger partial charge in [-0.1, -0.05) is 36.4 Å². The van der Waals surface area contributed by atoms with Gasteiger partial charge in [-0.05, 0) is 49.7 Å². The number of rotatable bonds is 9. The summed E-state index contributed by atoms with van der Waals surface area (Å²) in [6.45, 7) is 1.70. The molecule has 2 aliphatic heterocycles. The Hall–Kier alpha value is -3.97. The number of carbonyl (C=O) groups excluding carboxylic acids is 2. The van der Waals surface area contributed by atoms with E-state index in [0.717, 1.165) is 18.1 Å². The minimum atomic E-state index is -1.98. The number of likely N-dealkylation sites (tertiary alicyclic amines) is 1. The summed E-state index contributed by atoms with van der Waals surface area (Å²) in [6.07, 6.45) is -4.00. The van der Waals surface area contributed by atoms with Crippen molar-refractivity contribution in [2.45, 2.75) is 74.3 Å². The zero-order valence-electron chi connectivity index (χ0n) is 23.6. The number of aliphatic hydroxyl groups excluding tert-OH is 1. The predicted octanol–water partition coefficient (Wildman–Crippen LogP) is 1.70. The number of phenols is 1. The molecule has 0 amide bonds. The standard InChI is InChI=1S/C31H33NO11/c1-16(33)40-21(15-23(35)36)28(37)43-25(17-6-4-3-5-7-17)29(38)41-20-10-11-31(39)22-14-18-8-9-19(34)26-24(18)30(31,27(20)42-26)12-13-32(22)2/h3-10,21-22,25,27-28,34,37,39H,11-15H2,1-2H3,(H,35,36)/t21-,22+,25-,27-,28?,30-,31+/m0/s1. The largest absolute Gasteiger partial charge is 0.504 e. The van der Waals surface area contributed by atoms with Crippen molar-refractivity contribution in [3.05, 3.63) is 71.0 Å². The third-order valence-electron chi connectivity index (χ3n) is 9.17. The highest BCUT2D eigenvalue weighted by molar-refractivity contribution is 5.78. The van der Waals surface area contributed by atoms with Crippen LogP contribution in [-0.4, -0.2) is 87.0 Å². The number of carboxylic acid groups (broad SMARTS) is 1. The number of likely N-dealkylation sites (N-methyl/N-ethyl adjacent to an activating group) is 1. The number of benzene rings is 2. The number of nitrogens with zero attached hydrogens (tertiary/aromatic N) is 1. The van der Waals surface area contributed by atoms with Crippen LogP contribution in [0.2, 0.25) is 0 Å². The molecule has 4 N–H and O–H groups in total. The van der Waals surface area contributed by atoms with Crippen molar-refractivity contribution in [3.63, 3.8) is 0 Å². The third-order valence-corrected chi connectivity index (χ3v) is 9.17. The molecule has 6 rings (SSSR count). The van der Waals surface area contributed by atoms with Crippen LogP contribution in [0.3, 0.4) is 0 Å². The molecule has 2 aromatic carbocycles. The van der Waals surface area contributed by atoms with Crippen LogP contribution in [-0.2, 0) is 40.4 Å². The fraction of sp³-hybridized carbons (Fsp3) is 0.452. The lowest BCUT2D eigenvalue weighted by atomic mass is 9.50. The SMILES string of the molecule is CC(=O)O[C@@H](CC(=O)O)C(O)O[C@H](C(=O)OC1=CC[C@@]2(O)[C@H]3Cc4ccc(O)c5c4[C@@]2(CCN3C)[C@H]1O5)c1ccccc1. The number of carboxylic acids is 1. The number of aliphatic carboxylic acids is 1. The van der Waals surface area contributed by atoms with E-state index < -0.39 is 59.9 Å². The Morgan fingerprint density at radius 2 is 1.91 bits per heavy atom. The second-order valence-electron chi connectivity index (χ2n) is 11.6. The van der Waals surface area contributed by atoms with Crippen LogP contribution in [0.4, 0.5) is 0 Å². The van der Waals surface area contributed by atoms with Crippen LogP contribution in [0.1, 0.15) is 49.0 Å².